The van der Waals surface area contributed by atoms with Crippen LogP contribution in [0.3, 0.4) is 0 Å². The van der Waals surface area contributed by atoms with Gasteiger partial charge in [-0.3, -0.25) is 0 Å². The van der Waals surface area contributed by atoms with Crippen molar-refractivity contribution in [3.63, 3.8) is 0 Å². The van der Waals surface area contributed by atoms with Crippen LogP contribution in [0, 0.1) is 23.7 Å². The van der Waals surface area contributed by atoms with E-state index < -0.39 is 0 Å². The maximum absolute atomic E-state index is 3.49. The molecule has 0 aromatic heterocycles. The zero-order chi connectivity index (χ0) is 23.6. The van der Waals surface area contributed by atoms with Gasteiger partial charge in [0, 0.05) is 22.3 Å². The van der Waals surface area contributed by atoms with Crippen LogP contribution in [0.15, 0.2) is 109 Å². The summed E-state index contributed by atoms with van der Waals surface area (Å²) < 4.78 is 0. The minimum atomic E-state index is 1.03. The lowest BCUT2D eigenvalue weighted by Gasteiger charge is -2.07. The Bertz CT molecular complexity index is 2020. The Morgan fingerprint density at radius 1 is 0.333 bits per heavy atom. The largest absolute Gasteiger partial charge is 0.0622 e. The smallest absolute Gasteiger partial charge is 0.0334 e. The molecule has 0 nitrogen and oxygen atoms in total. The van der Waals surface area contributed by atoms with Crippen LogP contribution in [0.1, 0.15) is 22.3 Å². The Labute approximate surface area is 208 Å². The average molecular weight is 451 g/mol. The Morgan fingerprint density at radius 3 is 1.22 bits per heavy atom. The van der Waals surface area contributed by atoms with Crippen molar-refractivity contribution >= 4 is 53.9 Å². The Balaban J connectivity index is 1.47. The van der Waals surface area contributed by atoms with Gasteiger partial charge < -0.3 is 0 Å². The first-order valence-electron chi connectivity index (χ1n) is 12.2. The van der Waals surface area contributed by atoms with Gasteiger partial charge in [-0.2, -0.15) is 0 Å². The van der Waals surface area contributed by atoms with Crippen LogP contribution in [-0.4, -0.2) is 0 Å². The summed E-state index contributed by atoms with van der Waals surface area (Å²) in [6, 6.07) is 38.4. The van der Waals surface area contributed by atoms with E-state index in [1.807, 2.05) is 36.4 Å². The van der Waals surface area contributed by atoms with Gasteiger partial charge in [-0.25, -0.2) is 0 Å². The summed E-state index contributed by atoms with van der Waals surface area (Å²) in [4.78, 5) is 0. The summed E-state index contributed by atoms with van der Waals surface area (Å²) in [7, 11) is 0. The maximum atomic E-state index is 3.49. The normalized spacial score (nSPS) is 11.4. The second kappa shape index (κ2) is 7.23. The predicted octanol–water partition coefficient (Wildman–Crippen LogP) is 8.57. The third-order valence-corrected chi connectivity index (χ3v) is 7.37. The molecule has 8 rings (SSSR count). The topological polar surface area (TPSA) is 0 Å². The molecule has 0 radical (unpaired) electrons. The highest BCUT2D eigenvalue weighted by molar-refractivity contribution is 6.45. The molecule has 0 spiro atoms. The molecule has 162 valence electrons. The highest BCUT2D eigenvalue weighted by Crippen LogP contribution is 2.49. The van der Waals surface area contributed by atoms with E-state index in [0.29, 0.717) is 0 Å². The summed E-state index contributed by atoms with van der Waals surface area (Å²) in [5, 5.41) is 12.9. The van der Waals surface area contributed by atoms with Gasteiger partial charge in [-0.1, -0.05) is 96.5 Å². The molecular formula is C36H18. The molecule has 8 aromatic carbocycles. The molecule has 0 heterocycles. The quantitative estimate of drug-likeness (QED) is 0.160. The molecule has 0 aliphatic carbocycles. The van der Waals surface area contributed by atoms with Crippen LogP contribution in [0.2, 0.25) is 0 Å². The number of benzene rings is 7. The first-order chi connectivity index (χ1) is 17.8. The molecule has 36 heavy (non-hydrogen) atoms. The van der Waals surface area contributed by atoms with Gasteiger partial charge in [-0.15, -0.1) is 0 Å². The van der Waals surface area contributed by atoms with E-state index in [4.69, 9.17) is 0 Å². The maximum Gasteiger partial charge on any atom is 0.0334 e. The lowest BCUT2D eigenvalue weighted by atomic mass is 9.95. The van der Waals surface area contributed by atoms with Gasteiger partial charge in [0.05, 0.1) is 0 Å². The van der Waals surface area contributed by atoms with Crippen molar-refractivity contribution in [1.29, 1.82) is 0 Å². The summed E-state index contributed by atoms with van der Waals surface area (Å²) >= 11 is 0. The van der Waals surface area contributed by atoms with Crippen molar-refractivity contribution in [2.45, 2.75) is 0 Å². The zero-order valence-corrected chi connectivity index (χ0v) is 19.4. The van der Waals surface area contributed by atoms with Crippen molar-refractivity contribution in [2.75, 3.05) is 0 Å². The van der Waals surface area contributed by atoms with Gasteiger partial charge in [0.25, 0.3) is 0 Å². The van der Waals surface area contributed by atoms with Crippen molar-refractivity contribution in [1.82, 2.24) is 0 Å². The Hall–Kier alpha value is -5.04. The van der Waals surface area contributed by atoms with Gasteiger partial charge in [0.2, 0.25) is 0 Å². The summed E-state index contributed by atoms with van der Waals surface area (Å²) in [6.45, 7) is 0. The van der Waals surface area contributed by atoms with E-state index in [1.165, 1.54) is 53.9 Å². The van der Waals surface area contributed by atoms with E-state index in [2.05, 4.69) is 96.5 Å². The molecule has 0 aliphatic rings. The molecule has 0 fully saturated rings. The molecule has 0 atom stereocenters. The lowest BCUT2D eigenvalue weighted by molar-refractivity contribution is 1.65. The second-order valence-corrected chi connectivity index (χ2v) is 9.42. The van der Waals surface area contributed by atoms with Crippen LogP contribution in [0.25, 0.3) is 53.9 Å². The SMILES string of the molecule is C(#Cc1cc2ccc3cc(C#Cc4ccccc4)c4ccc5ccc1c1c2c3c4c51)c1ccccc1. The van der Waals surface area contributed by atoms with E-state index in [1.54, 1.807) is 0 Å². The van der Waals surface area contributed by atoms with Crippen molar-refractivity contribution in [3.8, 4) is 23.7 Å². The fourth-order valence-electron chi connectivity index (χ4n) is 5.80. The highest BCUT2D eigenvalue weighted by atomic mass is 14.2. The molecule has 8 aromatic rings. The van der Waals surface area contributed by atoms with Gasteiger partial charge in [-0.05, 0) is 90.3 Å². The van der Waals surface area contributed by atoms with Crippen molar-refractivity contribution in [2.24, 2.45) is 0 Å². The van der Waals surface area contributed by atoms with Crippen molar-refractivity contribution in [3.05, 3.63) is 131 Å². The number of hydrogen-bond donors (Lipinski definition) is 0. The molecule has 0 amide bonds. The monoisotopic (exact) mass is 450 g/mol. The minimum Gasteiger partial charge on any atom is -0.0622 e. The average Bonchev–Trinajstić information content (AvgIpc) is 3.31. The predicted molar refractivity (Wildman–Crippen MR) is 152 cm³/mol. The Morgan fingerprint density at radius 2 is 0.750 bits per heavy atom. The van der Waals surface area contributed by atoms with Crippen molar-refractivity contribution < 1.29 is 0 Å². The molecule has 0 aliphatic heterocycles. The van der Waals surface area contributed by atoms with Gasteiger partial charge in [0.15, 0.2) is 0 Å². The van der Waals surface area contributed by atoms with E-state index in [-0.39, 0.29) is 0 Å². The van der Waals surface area contributed by atoms with E-state index in [0.717, 1.165) is 22.3 Å². The second-order valence-electron chi connectivity index (χ2n) is 9.42. The standard InChI is InChI=1S/C36H18/c1-3-7-23(8-4-1)11-13-26-21-28-15-16-29-22-27(14-12-24-9-5-2-6-10-24)31-20-18-25-17-19-30(26)35-32(25)36(31)34(29)33(28)35/h1-10,15-22H. The van der Waals surface area contributed by atoms with Crippen LogP contribution < -0.4 is 0 Å². The fourth-order valence-corrected chi connectivity index (χ4v) is 5.80. The Kier molecular flexibility index (Phi) is 3.87. The minimum absolute atomic E-state index is 1.03. The molecule has 0 bridgehead atoms. The molecule has 0 N–H and O–H groups in total. The number of hydrogen-bond acceptors (Lipinski definition) is 0. The molecule has 0 saturated heterocycles. The summed E-state index contributed by atoms with van der Waals surface area (Å²) in [5.41, 5.74) is 4.22. The van der Waals surface area contributed by atoms with E-state index in [9.17, 15) is 0 Å². The number of rotatable bonds is 0. The van der Waals surface area contributed by atoms with Crippen LogP contribution in [-0.2, 0) is 0 Å². The first kappa shape index (κ1) is 19.3. The first-order valence-corrected chi connectivity index (χ1v) is 12.2. The summed E-state index contributed by atoms with van der Waals surface area (Å²) in [6.07, 6.45) is 0. The third-order valence-electron chi connectivity index (χ3n) is 7.37. The fraction of sp³-hybridized carbons (Fsp3) is 0. The lowest BCUT2D eigenvalue weighted by Crippen LogP contribution is -1.84. The molecule has 0 unspecified atom stereocenters. The third kappa shape index (κ3) is 2.68. The highest BCUT2D eigenvalue weighted by Gasteiger charge is 2.22. The van der Waals surface area contributed by atoms with Crippen LogP contribution in [0.5, 0.6) is 0 Å². The molecule has 0 heteroatoms. The van der Waals surface area contributed by atoms with E-state index >= 15 is 0 Å². The zero-order valence-electron chi connectivity index (χ0n) is 19.4. The molecular weight excluding hydrogens is 432 g/mol. The summed E-state index contributed by atoms with van der Waals surface area (Å²) in [5.74, 6) is 13.7. The van der Waals surface area contributed by atoms with Gasteiger partial charge >= 0.3 is 0 Å². The molecule has 0 saturated carbocycles. The van der Waals surface area contributed by atoms with Crippen LogP contribution >= 0.6 is 0 Å². The van der Waals surface area contributed by atoms with Crippen LogP contribution in [0.4, 0.5) is 0 Å². The van der Waals surface area contributed by atoms with Gasteiger partial charge in [0.1, 0.15) is 0 Å².